The SMILES string of the molecule is Nc1ccn([C@H]2CC[C@@H](CO)O2)c(=O)n1.Nc1nc2c(ncn2[C@H]2C=C[C@@H](CO)C2)c(=O)[nH]1. The molecule has 0 aromatic carbocycles. The first-order chi connectivity index (χ1) is 15.9. The number of hydrogen-bond acceptors (Lipinski definition) is 10. The molecule has 0 amide bonds. The number of rotatable bonds is 4. The van der Waals surface area contributed by atoms with Gasteiger partial charge < -0.3 is 31.0 Å². The van der Waals surface area contributed by atoms with Gasteiger partial charge >= 0.3 is 5.69 Å². The Hall–Kier alpha value is -3.55. The van der Waals surface area contributed by atoms with Crippen LogP contribution in [0.2, 0.25) is 0 Å². The zero-order valence-electron chi connectivity index (χ0n) is 17.7. The Morgan fingerprint density at radius 1 is 1.12 bits per heavy atom. The van der Waals surface area contributed by atoms with Gasteiger partial charge in [-0.15, -0.1) is 0 Å². The van der Waals surface area contributed by atoms with Gasteiger partial charge in [0.25, 0.3) is 5.56 Å². The number of H-pyrrole nitrogens is 1. The third-order valence-corrected chi connectivity index (χ3v) is 5.64. The summed E-state index contributed by atoms with van der Waals surface area (Å²) in [7, 11) is 0. The zero-order valence-corrected chi connectivity index (χ0v) is 17.7. The minimum atomic E-state index is -0.418. The van der Waals surface area contributed by atoms with Crippen LogP contribution in [0.15, 0.2) is 40.3 Å². The van der Waals surface area contributed by atoms with E-state index in [9.17, 15) is 9.59 Å². The van der Waals surface area contributed by atoms with Gasteiger partial charge in [-0.1, -0.05) is 12.2 Å². The highest BCUT2D eigenvalue weighted by Crippen LogP contribution is 2.29. The number of aromatic amines is 1. The van der Waals surface area contributed by atoms with Crippen molar-refractivity contribution in [3.05, 3.63) is 51.6 Å². The number of nitrogens with one attached hydrogen (secondary N) is 1. The quantitative estimate of drug-likeness (QED) is 0.311. The van der Waals surface area contributed by atoms with Gasteiger partial charge in [0.1, 0.15) is 12.0 Å². The predicted molar refractivity (Wildman–Crippen MR) is 119 cm³/mol. The molecule has 13 nitrogen and oxygen atoms in total. The van der Waals surface area contributed by atoms with Gasteiger partial charge in [-0.25, -0.2) is 9.78 Å². The van der Waals surface area contributed by atoms with Crippen molar-refractivity contribution in [3.63, 3.8) is 0 Å². The van der Waals surface area contributed by atoms with Gasteiger partial charge in [0.15, 0.2) is 11.2 Å². The number of fused-ring (bicyclic) bond motifs is 1. The molecule has 1 aliphatic carbocycles. The second-order valence-electron chi connectivity index (χ2n) is 7.92. The number of nitrogen functional groups attached to an aromatic ring is 2. The molecule has 4 atom stereocenters. The van der Waals surface area contributed by atoms with Crippen molar-refractivity contribution in [2.75, 3.05) is 24.7 Å². The molecule has 5 rings (SSSR count). The number of aliphatic hydroxyl groups is 2. The molecule has 4 heterocycles. The summed E-state index contributed by atoms with van der Waals surface area (Å²) < 4.78 is 8.66. The summed E-state index contributed by atoms with van der Waals surface area (Å²) in [6.45, 7) is 0.101. The molecule has 3 aromatic rings. The van der Waals surface area contributed by atoms with Crippen LogP contribution in [0.1, 0.15) is 31.5 Å². The summed E-state index contributed by atoms with van der Waals surface area (Å²) in [5.74, 6) is 0.426. The van der Waals surface area contributed by atoms with Gasteiger partial charge in [-0.3, -0.25) is 14.3 Å². The van der Waals surface area contributed by atoms with Gasteiger partial charge in [-0.2, -0.15) is 9.97 Å². The van der Waals surface area contributed by atoms with Gasteiger partial charge in [0.2, 0.25) is 5.95 Å². The first-order valence-corrected chi connectivity index (χ1v) is 10.5. The van der Waals surface area contributed by atoms with Crippen LogP contribution in [0.5, 0.6) is 0 Å². The Labute approximate surface area is 187 Å². The fourth-order valence-corrected chi connectivity index (χ4v) is 3.95. The molecule has 2 aliphatic rings. The number of aromatic nitrogens is 6. The van der Waals surface area contributed by atoms with Gasteiger partial charge in [0, 0.05) is 18.7 Å². The van der Waals surface area contributed by atoms with Crippen molar-refractivity contribution in [3.8, 4) is 0 Å². The number of nitrogens with zero attached hydrogens (tertiary/aromatic N) is 5. The normalized spacial score (nSPS) is 24.2. The lowest BCUT2D eigenvalue weighted by Crippen LogP contribution is -2.27. The number of imidazole rings is 1. The minimum absolute atomic E-state index is 0.0202. The highest BCUT2D eigenvalue weighted by atomic mass is 16.5. The maximum Gasteiger partial charge on any atom is 0.351 e. The molecular formula is C20H26N8O5. The molecule has 1 aliphatic heterocycles. The van der Waals surface area contributed by atoms with E-state index in [0.717, 1.165) is 12.8 Å². The number of hydrogen-bond donors (Lipinski definition) is 5. The predicted octanol–water partition coefficient (Wildman–Crippen LogP) is -0.693. The fourth-order valence-electron chi connectivity index (χ4n) is 3.95. The molecule has 0 saturated carbocycles. The van der Waals surface area contributed by atoms with Gasteiger partial charge in [0.05, 0.1) is 25.1 Å². The molecule has 0 bridgehead atoms. The minimum Gasteiger partial charge on any atom is -0.396 e. The highest BCUT2D eigenvalue weighted by molar-refractivity contribution is 5.70. The van der Waals surface area contributed by atoms with E-state index in [1.54, 1.807) is 18.6 Å². The smallest absolute Gasteiger partial charge is 0.351 e. The molecule has 0 radical (unpaired) electrons. The van der Waals surface area contributed by atoms with Crippen molar-refractivity contribution in [2.45, 2.75) is 37.6 Å². The Balaban J connectivity index is 0.000000160. The van der Waals surface area contributed by atoms with Crippen LogP contribution >= 0.6 is 0 Å². The van der Waals surface area contributed by atoms with Crippen LogP contribution in [-0.4, -0.2) is 58.6 Å². The van der Waals surface area contributed by atoms with Crippen LogP contribution in [0.4, 0.5) is 11.8 Å². The number of ether oxygens (including phenoxy) is 1. The van der Waals surface area contributed by atoms with Gasteiger partial charge in [-0.05, 0) is 25.3 Å². The molecule has 1 fully saturated rings. The Morgan fingerprint density at radius 3 is 2.61 bits per heavy atom. The third kappa shape index (κ3) is 4.79. The molecule has 176 valence electrons. The first-order valence-electron chi connectivity index (χ1n) is 10.5. The summed E-state index contributed by atoms with van der Waals surface area (Å²) in [5, 5.41) is 18.0. The number of aliphatic hydroxyl groups excluding tert-OH is 2. The molecule has 0 unspecified atom stereocenters. The lowest BCUT2D eigenvalue weighted by atomic mass is 10.1. The fraction of sp³-hybridized carbons (Fsp3) is 0.450. The van der Waals surface area contributed by atoms with E-state index in [2.05, 4.69) is 19.9 Å². The van der Waals surface area contributed by atoms with Crippen LogP contribution in [0.25, 0.3) is 11.2 Å². The largest absolute Gasteiger partial charge is 0.396 e. The average Bonchev–Trinajstić information content (AvgIpc) is 3.53. The van der Waals surface area contributed by atoms with Crippen LogP contribution in [0.3, 0.4) is 0 Å². The number of allylic oxidation sites excluding steroid dienone is 1. The molecule has 3 aromatic heterocycles. The Bertz CT molecular complexity index is 1270. The number of anilines is 2. The van der Waals surface area contributed by atoms with E-state index < -0.39 is 5.69 Å². The number of nitrogens with two attached hydrogens (primary N) is 2. The second kappa shape index (κ2) is 9.52. The maximum atomic E-state index is 11.6. The molecule has 0 spiro atoms. The van der Waals surface area contributed by atoms with E-state index in [-0.39, 0.29) is 60.3 Å². The van der Waals surface area contributed by atoms with Crippen molar-refractivity contribution in [2.24, 2.45) is 5.92 Å². The topological polar surface area (TPSA) is 200 Å². The molecule has 13 heteroatoms. The standard InChI is InChI=1S/C11H13N5O2.C9H13N3O3/c12-11-14-9-8(10(18)15-11)13-5-16(9)7-2-1-6(3-7)4-17;10-7-3-4-12(9(14)11-7)8-2-1-6(5-13)15-8/h1-2,5-7,17H,3-4H2,(H3,12,14,15,18);3-4,6,8,13H,1-2,5H2,(H2,10,11,14)/t6-,7+;6-,8+/m10/s1. The summed E-state index contributed by atoms with van der Waals surface area (Å²) in [6.07, 6.45) is 8.82. The summed E-state index contributed by atoms with van der Waals surface area (Å²) in [4.78, 5) is 37.3. The van der Waals surface area contributed by atoms with E-state index in [0.29, 0.717) is 12.1 Å². The molecule has 7 N–H and O–H groups in total. The average molecular weight is 458 g/mol. The van der Waals surface area contributed by atoms with Crippen LogP contribution < -0.4 is 22.7 Å². The van der Waals surface area contributed by atoms with Crippen LogP contribution in [0, 0.1) is 5.92 Å². The van der Waals surface area contributed by atoms with Crippen molar-refractivity contribution in [1.29, 1.82) is 0 Å². The molecule has 33 heavy (non-hydrogen) atoms. The molecule has 1 saturated heterocycles. The van der Waals surface area contributed by atoms with E-state index in [1.807, 2.05) is 16.7 Å². The van der Waals surface area contributed by atoms with E-state index in [4.69, 9.17) is 26.4 Å². The van der Waals surface area contributed by atoms with Crippen molar-refractivity contribution < 1.29 is 14.9 Å². The lowest BCUT2D eigenvalue weighted by molar-refractivity contribution is -0.0245. The highest BCUT2D eigenvalue weighted by Gasteiger charge is 2.26. The van der Waals surface area contributed by atoms with Crippen molar-refractivity contribution in [1.82, 2.24) is 29.1 Å². The van der Waals surface area contributed by atoms with E-state index >= 15 is 0 Å². The Kier molecular flexibility index (Phi) is 6.53. The second-order valence-corrected chi connectivity index (χ2v) is 7.92. The van der Waals surface area contributed by atoms with E-state index in [1.165, 1.54) is 4.57 Å². The first kappa shape index (κ1) is 22.6. The summed E-state index contributed by atoms with van der Waals surface area (Å²) in [6, 6.07) is 1.61. The lowest BCUT2D eigenvalue weighted by Gasteiger charge is -2.14. The monoisotopic (exact) mass is 458 g/mol. The maximum absolute atomic E-state index is 11.6. The van der Waals surface area contributed by atoms with Crippen LogP contribution in [-0.2, 0) is 4.74 Å². The summed E-state index contributed by atoms with van der Waals surface area (Å²) >= 11 is 0. The zero-order chi connectivity index (χ0) is 23.5. The third-order valence-electron chi connectivity index (χ3n) is 5.64. The van der Waals surface area contributed by atoms with Crippen molar-refractivity contribution >= 4 is 22.9 Å². The Morgan fingerprint density at radius 2 is 1.94 bits per heavy atom. The summed E-state index contributed by atoms with van der Waals surface area (Å²) in [5.41, 5.74) is 10.9. The molecular weight excluding hydrogens is 432 g/mol.